The number of benzene rings is 2. The van der Waals surface area contributed by atoms with E-state index in [4.69, 9.17) is 25.8 Å². The van der Waals surface area contributed by atoms with Crippen LogP contribution in [0, 0.1) is 0 Å². The van der Waals surface area contributed by atoms with Gasteiger partial charge in [-0.2, -0.15) is 13.2 Å². The topological polar surface area (TPSA) is 85.9 Å². The number of carbonyl (C=O) groups excluding carboxylic acids is 2. The number of alkyl halides is 3. The van der Waals surface area contributed by atoms with Crippen LogP contribution >= 0.6 is 11.6 Å². The lowest BCUT2D eigenvalue weighted by Crippen LogP contribution is -2.52. The van der Waals surface area contributed by atoms with Gasteiger partial charge in [0.2, 0.25) is 0 Å². The van der Waals surface area contributed by atoms with E-state index in [2.05, 4.69) is 10.6 Å². The Kier molecular flexibility index (Phi) is 6.85. The Morgan fingerprint density at radius 2 is 1.83 bits per heavy atom. The monoisotopic (exact) mass is 512 g/mol. The molecule has 2 N–H and O–H groups in total. The minimum atomic E-state index is -4.56. The quantitative estimate of drug-likeness (QED) is 0.615. The van der Waals surface area contributed by atoms with Crippen molar-refractivity contribution in [1.82, 2.24) is 10.6 Å². The molecule has 0 unspecified atom stereocenters. The van der Waals surface area contributed by atoms with Gasteiger partial charge in [0.25, 0.3) is 11.8 Å². The highest BCUT2D eigenvalue weighted by Gasteiger charge is 2.61. The lowest BCUT2D eigenvalue weighted by atomic mass is 9.96. The molecule has 0 radical (unpaired) electrons. The maximum atomic E-state index is 13.0. The van der Waals surface area contributed by atoms with E-state index < -0.39 is 41.2 Å². The number of rotatable bonds is 6. The summed E-state index contributed by atoms with van der Waals surface area (Å²) in [5, 5.41) is 5.73. The first-order valence-corrected chi connectivity index (χ1v) is 11.3. The van der Waals surface area contributed by atoms with Crippen LogP contribution < -0.4 is 10.6 Å². The largest absolute Gasteiger partial charge is 0.416 e. The Labute approximate surface area is 204 Å². The van der Waals surface area contributed by atoms with Gasteiger partial charge in [-0.05, 0) is 44.2 Å². The van der Waals surface area contributed by atoms with Crippen molar-refractivity contribution in [3.63, 3.8) is 0 Å². The number of carbonyl (C=O) groups is 2. The van der Waals surface area contributed by atoms with Gasteiger partial charge in [-0.1, -0.05) is 29.8 Å². The Morgan fingerprint density at radius 3 is 2.54 bits per heavy atom. The molecule has 0 spiro atoms. The van der Waals surface area contributed by atoms with Gasteiger partial charge in [-0.15, -0.1) is 0 Å². The van der Waals surface area contributed by atoms with Crippen LogP contribution in [0.3, 0.4) is 0 Å². The molecule has 2 aliphatic rings. The molecule has 0 aromatic heterocycles. The maximum absolute atomic E-state index is 13.0. The van der Waals surface area contributed by atoms with E-state index in [-0.39, 0.29) is 31.2 Å². The fourth-order valence-corrected chi connectivity index (χ4v) is 4.52. The summed E-state index contributed by atoms with van der Waals surface area (Å²) < 4.78 is 57.0. The molecule has 0 aliphatic carbocycles. The van der Waals surface area contributed by atoms with Crippen LogP contribution in [0.15, 0.2) is 48.5 Å². The van der Waals surface area contributed by atoms with Gasteiger partial charge in [0, 0.05) is 12.1 Å². The molecule has 0 bridgehead atoms. The summed E-state index contributed by atoms with van der Waals surface area (Å²) in [5.41, 5.74) is -1.81. The summed E-state index contributed by atoms with van der Waals surface area (Å²) in [6, 6.07) is 10.8. The SMILES string of the molecule is CC1(C)O[C@@H]2[C@@H](CNC(=O)c3ccccc3Cl)OC[C@]2(CNC(=O)c2cccc(C(F)(F)F)c2)O1. The smallest absolute Gasteiger partial charge is 0.370 e. The average Bonchev–Trinajstić information content (AvgIpc) is 3.25. The minimum Gasteiger partial charge on any atom is -0.370 e. The molecule has 2 fully saturated rings. The van der Waals surface area contributed by atoms with Crippen molar-refractivity contribution in [2.75, 3.05) is 19.7 Å². The Bertz CT molecular complexity index is 1130. The summed E-state index contributed by atoms with van der Waals surface area (Å²) in [5.74, 6) is -2.07. The van der Waals surface area contributed by atoms with E-state index in [1.807, 2.05) is 0 Å². The molecule has 4 rings (SSSR count). The minimum absolute atomic E-state index is 0.0522. The Balaban J connectivity index is 1.43. The van der Waals surface area contributed by atoms with Crippen LogP contribution in [0.4, 0.5) is 13.2 Å². The van der Waals surface area contributed by atoms with Crippen LogP contribution in [0.1, 0.15) is 40.1 Å². The third-order valence-corrected chi connectivity index (χ3v) is 6.17. The molecule has 2 saturated heterocycles. The first-order chi connectivity index (χ1) is 16.4. The van der Waals surface area contributed by atoms with Gasteiger partial charge in [0.05, 0.1) is 29.3 Å². The second-order valence-corrected chi connectivity index (χ2v) is 9.31. The first-order valence-electron chi connectivity index (χ1n) is 10.9. The second kappa shape index (κ2) is 9.42. The van der Waals surface area contributed by atoms with Crippen molar-refractivity contribution in [2.45, 2.75) is 43.6 Å². The lowest BCUT2D eigenvalue weighted by Gasteiger charge is -2.27. The predicted octanol–water partition coefficient (Wildman–Crippen LogP) is 3.81. The van der Waals surface area contributed by atoms with Crippen molar-refractivity contribution in [3.8, 4) is 0 Å². The van der Waals surface area contributed by atoms with Crippen LogP contribution in [0.25, 0.3) is 0 Å². The molecule has 188 valence electrons. The molecule has 2 aliphatic heterocycles. The van der Waals surface area contributed by atoms with Crippen LogP contribution in [0.5, 0.6) is 0 Å². The molecule has 2 aromatic carbocycles. The van der Waals surface area contributed by atoms with E-state index in [9.17, 15) is 22.8 Å². The number of hydrogen-bond donors (Lipinski definition) is 2. The average molecular weight is 513 g/mol. The molecular weight excluding hydrogens is 489 g/mol. The van der Waals surface area contributed by atoms with Gasteiger partial charge < -0.3 is 24.8 Å². The third kappa shape index (κ3) is 5.45. The molecule has 35 heavy (non-hydrogen) atoms. The standard InChI is InChI=1S/C24H24ClF3N2O5/c1-22(2)34-19-18(11-29-21(32)16-8-3-4-9-17(16)25)33-13-23(19,35-22)12-30-20(31)14-6-5-7-15(10-14)24(26,27)28/h3-10,18-19H,11-13H2,1-2H3,(H,29,32)(H,30,31)/t18-,19-,23+/m1/s1. The molecule has 2 amide bonds. The number of fused-ring (bicyclic) bond motifs is 1. The van der Waals surface area contributed by atoms with Crippen LogP contribution in [-0.4, -0.2) is 55.1 Å². The Morgan fingerprint density at radius 1 is 1.09 bits per heavy atom. The molecule has 0 saturated carbocycles. The fraction of sp³-hybridized carbons (Fsp3) is 0.417. The first kappa shape index (κ1) is 25.4. The van der Waals surface area contributed by atoms with Gasteiger partial charge in [0.1, 0.15) is 17.8 Å². The molecule has 3 atom stereocenters. The third-order valence-electron chi connectivity index (χ3n) is 5.84. The van der Waals surface area contributed by atoms with E-state index in [1.54, 1.807) is 38.1 Å². The van der Waals surface area contributed by atoms with E-state index >= 15 is 0 Å². The zero-order chi connectivity index (χ0) is 25.4. The van der Waals surface area contributed by atoms with Crippen LogP contribution in [0.2, 0.25) is 5.02 Å². The van der Waals surface area contributed by atoms with Gasteiger partial charge in [-0.25, -0.2) is 0 Å². The normalized spacial score (nSPS) is 25.2. The van der Waals surface area contributed by atoms with Crippen LogP contribution in [-0.2, 0) is 20.4 Å². The van der Waals surface area contributed by atoms with Crippen molar-refractivity contribution in [2.24, 2.45) is 0 Å². The highest BCUT2D eigenvalue weighted by molar-refractivity contribution is 6.33. The highest BCUT2D eigenvalue weighted by Crippen LogP contribution is 2.43. The van der Waals surface area contributed by atoms with Gasteiger partial charge in [0.15, 0.2) is 5.79 Å². The summed E-state index contributed by atoms with van der Waals surface area (Å²) in [7, 11) is 0. The highest BCUT2D eigenvalue weighted by atomic mass is 35.5. The molecule has 11 heteroatoms. The second-order valence-electron chi connectivity index (χ2n) is 8.91. The number of ether oxygens (including phenoxy) is 3. The zero-order valence-corrected chi connectivity index (χ0v) is 19.7. The van der Waals surface area contributed by atoms with Crippen molar-refractivity contribution < 1.29 is 37.0 Å². The van der Waals surface area contributed by atoms with E-state index in [0.717, 1.165) is 12.1 Å². The predicted molar refractivity (Wildman–Crippen MR) is 120 cm³/mol. The Hall–Kier alpha value is -2.66. The number of halogens is 4. The molecule has 7 nitrogen and oxygen atoms in total. The summed E-state index contributed by atoms with van der Waals surface area (Å²) in [6.45, 7) is 3.50. The molecule has 2 heterocycles. The number of amides is 2. The van der Waals surface area contributed by atoms with Crippen molar-refractivity contribution >= 4 is 23.4 Å². The van der Waals surface area contributed by atoms with Gasteiger partial charge >= 0.3 is 6.18 Å². The van der Waals surface area contributed by atoms with Crippen molar-refractivity contribution in [3.05, 3.63) is 70.2 Å². The van der Waals surface area contributed by atoms with E-state index in [1.165, 1.54) is 12.1 Å². The molecular formula is C24H24ClF3N2O5. The molecule has 2 aromatic rings. The summed E-state index contributed by atoms with van der Waals surface area (Å²) in [4.78, 5) is 25.2. The van der Waals surface area contributed by atoms with Gasteiger partial charge in [-0.3, -0.25) is 9.59 Å². The maximum Gasteiger partial charge on any atom is 0.416 e. The zero-order valence-electron chi connectivity index (χ0n) is 18.9. The lowest BCUT2D eigenvalue weighted by molar-refractivity contribution is -0.188. The fourth-order valence-electron chi connectivity index (χ4n) is 4.30. The summed E-state index contributed by atoms with van der Waals surface area (Å²) in [6.07, 6.45) is -5.80. The van der Waals surface area contributed by atoms with E-state index in [0.29, 0.717) is 10.6 Å². The van der Waals surface area contributed by atoms with Crippen molar-refractivity contribution in [1.29, 1.82) is 0 Å². The number of nitrogens with one attached hydrogen (secondary N) is 2. The summed E-state index contributed by atoms with van der Waals surface area (Å²) >= 11 is 6.08. The number of hydrogen-bond acceptors (Lipinski definition) is 5.